The summed E-state index contributed by atoms with van der Waals surface area (Å²) in [6.45, 7) is 0. The molecule has 0 saturated heterocycles. The van der Waals surface area contributed by atoms with Gasteiger partial charge in [-0.1, -0.05) is 35.5 Å². The van der Waals surface area contributed by atoms with Gasteiger partial charge in [0, 0.05) is 20.5 Å². The largest absolute Gasteiger partial charge is 0.331 e. The number of hydrogen-bond acceptors (Lipinski definition) is 4. The molecule has 78 valence electrons. The molecule has 0 aliphatic carbocycles. The summed E-state index contributed by atoms with van der Waals surface area (Å²) in [5.74, 6) is 0.713. The van der Waals surface area contributed by atoms with Crippen molar-refractivity contribution in [2.24, 2.45) is 0 Å². The molecule has 0 atom stereocenters. The number of aromatic nitrogens is 2. The van der Waals surface area contributed by atoms with Gasteiger partial charge in [-0.05, 0) is 5.56 Å². The number of benzene rings is 1. The van der Waals surface area contributed by atoms with Crippen molar-refractivity contribution in [2.45, 2.75) is 6.42 Å². The van der Waals surface area contributed by atoms with E-state index >= 15 is 0 Å². The van der Waals surface area contributed by atoms with Crippen LogP contribution in [0.25, 0.3) is 0 Å². The first-order valence-electron chi connectivity index (χ1n) is 4.79. The second-order valence-corrected chi connectivity index (χ2v) is 3.55. The monoisotopic (exact) mass is 203 g/mol. The zero-order chi connectivity index (χ0) is 10.7. The molecule has 0 saturated carbocycles. The molecule has 1 heterocycles. The topological polar surface area (TPSA) is 42.2 Å². The van der Waals surface area contributed by atoms with E-state index in [1.807, 2.05) is 44.4 Å². The molecule has 4 nitrogen and oxygen atoms in total. The van der Waals surface area contributed by atoms with Crippen molar-refractivity contribution in [3.63, 3.8) is 0 Å². The van der Waals surface area contributed by atoms with E-state index in [4.69, 9.17) is 4.52 Å². The van der Waals surface area contributed by atoms with E-state index in [1.165, 1.54) is 5.56 Å². The lowest BCUT2D eigenvalue weighted by molar-refractivity contribution is 0.415. The Morgan fingerprint density at radius 1 is 1.20 bits per heavy atom. The van der Waals surface area contributed by atoms with Crippen LogP contribution < -0.4 is 4.90 Å². The minimum Gasteiger partial charge on any atom is -0.331 e. The molecule has 4 heteroatoms. The van der Waals surface area contributed by atoms with Crippen LogP contribution in [0.15, 0.2) is 34.9 Å². The molecule has 0 aliphatic rings. The van der Waals surface area contributed by atoms with Crippen LogP contribution >= 0.6 is 0 Å². The molecule has 0 unspecified atom stereocenters. The molecule has 1 aromatic carbocycles. The van der Waals surface area contributed by atoms with Crippen LogP contribution in [0.3, 0.4) is 0 Å². The van der Waals surface area contributed by atoms with Crippen molar-refractivity contribution in [1.29, 1.82) is 0 Å². The Kier molecular flexibility index (Phi) is 2.67. The van der Waals surface area contributed by atoms with Crippen LogP contribution in [-0.2, 0) is 6.42 Å². The van der Waals surface area contributed by atoms with Crippen LogP contribution in [0.1, 0.15) is 11.4 Å². The molecular weight excluding hydrogens is 190 g/mol. The van der Waals surface area contributed by atoms with Gasteiger partial charge in [-0.25, -0.2) is 0 Å². The van der Waals surface area contributed by atoms with E-state index < -0.39 is 0 Å². The lowest BCUT2D eigenvalue weighted by Crippen LogP contribution is -2.08. The Morgan fingerprint density at radius 2 is 1.93 bits per heavy atom. The fourth-order valence-corrected chi connectivity index (χ4v) is 1.28. The van der Waals surface area contributed by atoms with Crippen molar-refractivity contribution >= 4 is 6.01 Å². The number of rotatable bonds is 3. The maximum atomic E-state index is 5.06. The van der Waals surface area contributed by atoms with E-state index in [1.54, 1.807) is 4.90 Å². The molecule has 2 aromatic rings. The SMILES string of the molecule is CN(C)c1nc(Cc2ccccc2)no1. The van der Waals surface area contributed by atoms with Crippen molar-refractivity contribution in [3.8, 4) is 0 Å². The van der Waals surface area contributed by atoms with Crippen LogP contribution in [0, 0.1) is 0 Å². The molecule has 2 rings (SSSR count). The van der Waals surface area contributed by atoms with Crippen LogP contribution in [-0.4, -0.2) is 24.2 Å². The van der Waals surface area contributed by atoms with Gasteiger partial charge in [0.05, 0.1) is 0 Å². The second-order valence-electron chi connectivity index (χ2n) is 3.55. The average Bonchev–Trinajstić information content (AvgIpc) is 2.68. The molecule has 0 amide bonds. The first kappa shape index (κ1) is 9.71. The maximum absolute atomic E-state index is 5.06. The van der Waals surface area contributed by atoms with E-state index in [0.717, 1.165) is 0 Å². The summed E-state index contributed by atoms with van der Waals surface area (Å²) in [5, 5.41) is 3.90. The van der Waals surface area contributed by atoms with Gasteiger partial charge in [0.2, 0.25) is 0 Å². The minimum atomic E-state index is 0.543. The van der Waals surface area contributed by atoms with Gasteiger partial charge in [0.25, 0.3) is 0 Å². The van der Waals surface area contributed by atoms with Crippen LogP contribution in [0.4, 0.5) is 6.01 Å². The molecule has 0 spiro atoms. The third-order valence-corrected chi connectivity index (χ3v) is 2.05. The highest BCUT2D eigenvalue weighted by atomic mass is 16.5. The number of anilines is 1. The Labute approximate surface area is 88.5 Å². The highest BCUT2D eigenvalue weighted by Gasteiger charge is 2.07. The first-order valence-corrected chi connectivity index (χ1v) is 4.79. The van der Waals surface area contributed by atoms with Crippen molar-refractivity contribution in [1.82, 2.24) is 10.1 Å². The molecule has 1 aromatic heterocycles. The summed E-state index contributed by atoms with van der Waals surface area (Å²) in [7, 11) is 3.75. The minimum absolute atomic E-state index is 0.543. The predicted octanol–water partition coefficient (Wildman–Crippen LogP) is 1.73. The van der Waals surface area contributed by atoms with Gasteiger partial charge in [0.1, 0.15) is 0 Å². The molecule has 0 radical (unpaired) electrons. The van der Waals surface area contributed by atoms with E-state index in [2.05, 4.69) is 10.1 Å². The van der Waals surface area contributed by atoms with E-state index in [9.17, 15) is 0 Å². The summed E-state index contributed by atoms with van der Waals surface area (Å²) < 4.78 is 5.06. The van der Waals surface area contributed by atoms with Gasteiger partial charge in [-0.15, -0.1) is 0 Å². The second kappa shape index (κ2) is 4.13. The summed E-state index contributed by atoms with van der Waals surface area (Å²) in [5.41, 5.74) is 1.18. The number of hydrogen-bond donors (Lipinski definition) is 0. The Hall–Kier alpha value is -1.84. The van der Waals surface area contributed by atoms with Crippen LogP contribution in [0.2, 0.25) is 0 Å². The number of nitrogens with zero attached hydrogens (tertiary/aromatic N) is 3. The Morgan fingerprint density at radius 3 is 2.53 bits per heavy atom. The fourth-order valence-electron chi connectivity index (χ4n) is 1.28. The lowest BCUT2D eigenvalue weighted by atomic mass is 10.1. The van der Waals surface area contributed by atoms with E-state index in [-0.39, 0.29) is 0 Å². The average molecular weight is 203 g/mol. The summed E-state index contributed by atoms with van der Waals surface area (Å²) in [6, 6.07) is 10.6. The summed E-state index contributed by atoms with van der Waals surface area (Å²) >= 11 is 0. The molecule has 0 fully saturated rings. The van der Waals surface area contributed by atoms with Crippen molar-refractivity contribution < 1.29 is 4.52 Å². The summed E-state index contributed by atoms with van der Waals surface area (Å²) in [4.78, 5) is 6.05. The third-order valence-electron chi connectivity index (χ3n) is 2.05. The molecule has 0 N–H and O–H groups in total. The zero-order valence-corrected chi connectivity index (χ0v) is 8.84. The van der Waals surface area contributed by atoms with Gasteiger partial charge in [-0.3, -0.25) is 0 Å². The van der Waals surface area contributed by atoms with E-state index in [0.29, 0.717) is 18.3 Å². The normalized spacial score (nSPS) is 10.3. The van der Waals surface area contributed by atoms with Crippen molar-refractivity contribution in [2.75, 3.05) is 19.0 Å². The fraction of sp³-hybridized carbons (Fsp3) is 0.273. The lowest BCUT2D eigenvalue weighted by Gasteiger charge is -2.01. The maximum Gasteiger partial charge on any atom is 0.323 e. The predicted molar refractivity (Wildman–Crippen MR) is 57.9 cm³/mol. The molecule has 0 aliphatic heterocycles. The van der Waals surface area contributed by atoms with Gasteiger partial charge in [0.15, 0.2) is 5.82 Å². The Bertz CT molecular complexity index is 422. The van der Waals surface area contributed by atoms with Gasteiger partial charge < -0.3 is 9.42 Å². The standard InChI is InChI=1S/C11H13N3O/c1-14(2)11-12-10(13-15-11)8-9-6-4-3-5-7-9/h3-7H,8H2,1-2H3. The first-order chi connectivity index (χ1) is 7.25. The van der Waals surface area contributed by atoms with Gasteiger partial charge in [-0.2, -0.15) is 4.98 Å². The quantitative estimate of drug-likeness (QED) is 0.761. The highest BCUT2D eigenvalue weighted by Crippen LogP contribution is 2.10. The highest BCUT2D eigenvalue weighted by molar-refractivity contribution is 5.24. The van der Waals surface area contributed by atoms with Gasteiger partial charge >= 0.3 is 6.01 Å². The zero-order valence-electron chi connectivity index (χ0n) is 8.84. The molecular formula is C11H13N3O. The smallest absolute Gasteiger partial charge is 0.323 e. The third kappa shape index (κ3) is 2.34. The molecule has 15 heavy (non-hydrogen) atoms. The summed E-state index contributed by atoms with van der Waals surface area (Å²) in [6.07, 6.45) is 0.707. The Balaban J connectivity index is 2.12. The molecule has 0 bridgehead atoms. The van der Waals surface area contributed by atoms with Crippen LogP contribution in [0.5, 0.6) is 0 Å². The van der Waals surface area contributed by atoms with Crippen molar-refractivity contribution in [3.05, 3.63) is 41.7 Å².